The Kier molecular flexibility index (Phi) is 4.65. The van der Waals surface area contributed by atoms with Gasteiger partial charge in [-0.2, -0.15) is 4.58 Å². The molecule has 0 spiro atoms. The molecule has 0 aromatic heterocycles. The number of ether oxygens (including phenoxy) is 3. The maximum Gasteiger partial charge on any atom is 0.387 e. The molecule has 7 heteroatoms. The summed E-state index contributed by atoms with van der Waals surface area (Å²) in [5.41, 5.74) is 0.594. The van der Waals surface area contributed by atoms with Gasteiger partial charge < -0.3 is 19.3 Å². The van der Waals surface area contributed by atoms with Crippen LogP contribution in [-0.2, 0) is 9.59 Å². The van der Waals surface area contributed by atoms with Crippen molar-refractivity contribution in [1.82, 2.24) is 0 Å². The van der Waals surface area contributed by atoms with Gasteiger partial charge in [-0.15, -0.1) is 0 Å². The minimum atomic E-state index is -1.02. The molecule has 1 saturated heterocycles. The van der Waals surface area contributed by atoms with Crippen LogP contribution >= 0.6 is 0 Å². The molecule has 0 unspecified atom stereocenters. The van der Waals surface area contributed by atoms with E-state index in [0.717, 1.165) is 0 Å². The van der Waals surface area contributed by atoms with E-state index in [2.05, 4.69) is 0 Å². The van der Waals surface area contributed by atoms with Gasteiger partial charge in [0, 0.05) is 12.0 Å². The molecule has 1 N–H and O–H groups in total. The first-order valence-electron chi connectivity index (χ1n) is 6.70. The van der Waals surface area contributed by atoms with Gasteiger partial charge in [-0.1, -0.05) is 0 Å². The van der Waals surface area contributed by atoms with Crippen LogP contribution in [0.25, 0.3) is 0 Å². The van der Waals surface area contributed by atoms with Crippen molar-refractivity contribution in [2.45, 2.75) is 18.9 Å². The fraction of sp³-hybridized carbons (Fsp3) is 0.400. The van der Waals surface area contributed by atoms with Gasteiger partial charge in [0.15, 0.2) is 17.7 Å². The summed E-state index contributed by atoms with van der Waals surface area (Å²) in [7, 11) is 4.47. The molecule has 0 aliphatic carbocycles. The summed E-state index contributed by atoms with van der Waals surface area (Å²) >= 11 is 0. The Labute approximate surface area is 127 Å². The number of rotatable bonds is 5. The van der Waals surface area contributed by atoms with E-state index in [0.29, 0.717) is 29.2 Å². The van der Waals surface area contributed by atoms with E-state index < -0.39 is 12.0 Å². The Bertz CT molecular complexity index is 612. The molecular formula is C15H18NO6+. The van der Waals surface area contributed by atoms with Crippen LogP contribution in [0.4, 0.5) is 0 Å². The molecule has 1 aliphatic heterocycles. The van der Waals surface area contributed by atoms with Crippen LogP contribution in [0.2, 0.25) is 0 Å². The lowest BCUT2D eigenvalue weighted by Crippen LogP contribution is -2.31. The smallest absolute Gasteiger partial charge is 0.387 e. The Hall–Kier alpha value is -2.57. The lowest BCUT2D eigenvalue weighted by atomic mass is 10.2. The highest BCUT2D eigenvalue weighted by Crippen LogP contribution is 2.37. The maximum atomic E-state index is 11.9. The molecule has 1 heterocycles. The van der Waals surface area contributed by atoms with E-state index in [4.69, 9.17) is 14.2 Å². The minimum absolute atomic E-state index is 0.220. The van der Waals surface area contributed by atoms with Crippen molar-refractivity contribution in [1.29, 1.82) is 0 Å². The van der Waals surface area contributed by atoms with Gasteiger partial charge in [-0.05, 0) is 12.1 Å². The molecular weight excluding hydrogens is 290 g/mol. The van der Waals surface area contributed by atoms with Gasteiger partial charge in [0.1, 0.15) is 0 Å². The molecule has 1 fully saturated rings. The number of hydrogen-bond donors (Lipinski definition) is 1. The zero-order valence-corrected chi connectivity index (χ0v) is 12.7. The van der Waals surface area contributed by atoms with Gasteiger partial charge in [-0.3, -0.25) is 0 Å². The number of amides is 1. The topological polar surface area (TPSA) is 85.1 Å². The Morgan fingerprint density at radius 1 is 1.23 bits per heavy atom. The molecule has 7 nitrogen and oxygen atoms in total. The van der Waals surface area contributed by atoms with E-state index in [9.17, 15) is 14.7 Å². The molecule has 1 amide bonds. The van der Waals surface area contributed by atoms with Crippen molar-refractivity contribution in [3.05, 3.63) is 17.7 Å². The molecule has 2 rings (SSSR count). The summed E-state index contributed by atoms with van der Waals surface area (Å²) in [5, 5.41) is 9.18. The number of aliphatic carboxylic acids is 1. The SMILES string of the molecule is COc1cc(C=[N+]2C(=O)CC[C@H]2C(=O)O)cc(OC)c1OC. The van der Waals surface area contributed by atoms with Gasteiger partial charge in [0.2, 0.25) is 5.75 Å². The molecule has 1 aromatic carbocycles. The van der Waals surface area contributed by atoms with E-state index in [-0.39, 0.29) is 12.3 Å². The highest BCUT2D eigenvalue weighted by Gasteiger charge is 2.41. The summed E-state index contributed by atoms with van der Waals surface area (Å²) in [5.74, 6) is 0.0682. The van der Waals surface area contributed by atoms with Crippen LogP contribution in [-0.4, -0.2) is 55.1 Å². The number of carboxylic acid groups (broad SMARTS) is 1. The number of benzene rings is 1. The third-order valence-corrected chi connectivity index (χ3v) is 3.52. The van der Waals surface area contributed by atoms with Crippen LogP contribution < -0.4 is 14.2 Å². The van der Waals surface area contributed by atoms with Crippen molar-refractivity contribution < 1.29 is 33.5 Å². The van der Waals surface area contributed by atoms with Crippen molar-refractivity contribution in [3.8, 4) is 17.2 Å². The first kappa shape index (κ1) is 15.8. The number of carbonyl (C=O) groups excluding carboxylic acids is 1. The number of carboxylic acids is 1. The summed E-state index contributed by atoms with van der Waals surface area (Å²) in [6.07, 6.45) is 2.02. The fourth-order valence-electron chi connectivity index (χ4n) is 2.44. The number of carbonyl (C=O) groups is 2. The van der Waals surface area contributed by atoms with Crippen molar-refractivity contribution in [3.63, 3.8) is 0 Å². The van der Waals surface area contributed by atoms with Crippen LogP contribution in [0.1, 0.15) is 18.4 Å². The van der Waals surface area contributed by atoms with E-state index in [1.54, 1.807) is 12.1 Å². The number of hydrogen-bond acceptors (Lipinski definition) is 5. The average molecular weight is 308 g/mol. The van der Waals surface area contributed by atoms with Gasteiger partial charge >= 0.3 is 11.9 Å². The van der Waals surface area contributed by atoms with Crippen LogP contribution in [0.3, 0.4) is 0 Å². The van der Waals surface area contributed by atoms with Crippen molar-refractivity contribution >= 4 is 18.1 Å². The van der Waals surface area contributed by atoms with Gasteiger partial charge in [0.05, 0.1) is 27.8 Å². The highest BCUT2D eigenvalue weighted by atomic mass is 16.5. The molecule has 1 atom stereocenters. The third-order valence-electron chi connectivity index (χ3n) is 3.52. The van der Waals surface area contributed by atoms with Gasteiger partial charge in [-0.25, -0.2) is 9.59 Å². The van der Waals surface area contributed by atoms with Crippen molar-refractivity contribution in [2.24, 2.45) is 0 Å². The lowest BCUT2D eigenvalue weighted by molar-refractivity contribution is -0.457. The zero-order chi connectivity index (χ0) is 16.3. The normalized spacial score (nSPS) is 19.3. The van der Waals surface area contributed by atoms with Crippen LogP contribution in [0.5, 0.6) is 17.2 Å². The molecule has 0 bridgehead atoms. The average Bonchev–Trinajstić information content (AvgIpc) is 2.87. The molecule has 22 heavy (non-hydrogen) atoms. The van der Waals surface area contributed by atoms with E-state index >= 15 is 0 Å². The molecule has 1 aliphatic rings. The Morgan fingerprint density at radius 3 is 2.27 bits per heavy atom. The minimum Gasteiger partial charge on any atom is -0.493 e. The summed E-state index contributed by atoms with van der Waals surface area (Å²) in [4.78, 5) is 23.1. The molecule has 0 saturated carbocycles. The van der Waals surface area contributed by atoms with Crippen LogP contribution in [0, 0.1) is 0 Å². The predicted octanol–water partition coefficient (Wildman–Crippen LogP) is 0.917. The quantitative estimate of drug-likeness (QED) is 0.814. The maximum absolute atomic E-state index is 11.9. The Balaban J connectivity index is 2.50. The monoisotopic (exact) mass is 308 g/mol. The van der Waals surface area contributed by atoms with Crippen LogP contribution in [0.15, 0.2) is 12.1 Å². The number of nitrogens with zero attached hydrogens (tertiary/aromatic N) is 1. The molecule has 118 valence electrons. The summed E-state index contributed by atoms with van der Waals surface area (Å²) in [6.45, 7) is 0. The Morgan fingerprint density at radius 2 is 1.82 bits per heavy atom. The van der Waals surface area contributed by atoms with E-state index in [1.807, 2.05) is 0 Å². The second-order valence-corrected chi connectivity index (χ2v) is 4.78. The molecule has 1 aromatic rings. The lowest BCUT2D eigenvalue weighted by Gasteiger charge is -2.12. The zero-order valence-electron chi connectivity index (χ0n) is 12.7. The largest absolute Gasteiger partial charge is 0.493 e. The first-order valence-corrected chi connectivity index (χ1v) is 6.70. The second kappa shape index (κ2) is 6.46. The van der Waals surface area contributed by atoms with Gasteiger partial charge in [0.25, 0.3) is 6.04 Å². The number of methoxy groups -OCH3 is 3. The van der Waals surface area contributed by atoms with Crippen molar-refractivity contribution in [2.75, 3.05) is 21.3 Å². The highest BCUT2D eigenvalue weighted by molar-refractivity contribution is 5.88. The standard InChI is InChI=1S/C15H17NO6/c1-20-11-6-9(7-12(21-2)14(11)22-3)8-16-10(15(18)19)4-5-13(16)17/h6-8,10H,4-5H2,1-3H3/p+1/t10-/m0/s1. The van der Waals surface area contributed by atoms with E-state index in [1.165, 1.54) is 32.1 Å². The predicted molar refractivity (Wildman–Crippen MR) is 77.2 cm³/mol. The summed E-state index contributed by atoms with van der Waals surface area (Å²) < 4.78 is 16.9. The fourth-order valence-corrected chi connectivity index (χ4v) is 2.44. The summed E-state index contributed by atoms with van der Waals surface area (Å²) in [6, 6.07) is 2.48. The molecule has 0 radical (unpaired) electrons. The third kappa shape index (κ3) is 2.88. The first-order chi connectivity index (χ1) is 10.5. The second-order valence-electron chi connectivity index (χ2n) is 4.78.